The van der Waals surface area contributed by atoms with Crippen molar-refractivity contribution < 1.29 is 4.79 Å². The molecule has 0 radical (unpaired) electrons. The third-order valence-electron chi connectivity index (χ3n) is 2.17. The molecule has 1 amide bonds. The van der Waals surface area contributed by atoms with E-state index in [0.717, 1.165) is 0 Å². The maximum absolute atomic E-state index is 11.3. The predicted octanol–water partition coefficient (Wildman–Crippen LogP) is 0.526. The molecule has 0 aromatic carbocycles. The van der Waals surface area contributed by atoms with E-state index in [-0.39, 0.29) is 12.5 Å². The molecular formula is C11H14N4O. The summed E-state index contributed by atoms with van der Waals surface area (Å²) in [4.78, 5) is 17.2. The molecule has 84 valence electrons. The predicted molar refractivity (Wildman–Crippen MR) is 60.9 cm³/mol. The highest BCUT2D eigenvalue weighted by atomic mass is 16.1. The van der Waals surface area contributed by atoms with Crippen LogP contribution in [0.4, 0.5) is 5.82 Å². The number of amides is 1. The summed E-state index contributed by atoms with van der Waals surface area (Å²) >= 11 is 0. The molecule has 1 heterocycles. The highest BCUT2D eigenvalue weighted by Gasteiger charge is 2.10. The zero-order valence-corrected chi connectivity index (χ0v) is 9.40. The van der Waals surface area contributed by atoms with Crippen molar-refractivity contribution in [1.82, 2.24) is 10.3 Å². The van der Waals surface area contributed by atoms with Crippen LogP contribution < -0.4 is 10.2 Å². The van der Waals surface area contributed by atoms with E-state index in [2.05, 4.69) is 10.3 Å². The van der Waals surface area contributed by atoms with Gasteiger partial charge in [-0.25, -0.2) is 4.98 Å². The molecule has 16 heavy (non-hydrogen) atoms. The second-order valence-electron chi connectivity index (χ2n) is 3.18. The summed E-state index contributed by atoms with van der Waals surface area (Å²) < 4.78 is 0. The van der Waals surface area contributed by atoms with E-state index < -0.39 is 0 Å². The van der Waals surface area contributed by atoms with Gasteiger partial charge in [-0.15, -0.1) is 0 Å². The Morgan fingerprint density at radius 1 is 1.62 bits per heavy atom. The summed E-state index contributed by atoms with van der Waals surface area (Å²) in [6, 6.07) is 7.15. The first-order chi connectivity index (χ1) is 7.71. The maximum Gasteiger partial charge on any atom is 0.239 e. The number of nitrogens with one attached hydrogen (secondary N) is 1. The lowest BCUT2D eigenvalue weighted by Gasteiger charge is -2.20. The van der Waals surface area contributed by atoms with Crippen molar-refractivity contribution in [3.63, 3.8) is 0 Å². The fraction of sp³-hybridized carbons (Fsp3) is 0.364. The Balaban J connectivity index is 2.86. The van der Waals surface area contributed by atoms with Crippen LogP contribution >= 0.6 is 0 Å². The van der Waals surface area contributed by atoms with Gasteiger partial charge in [-0.1, -0.05) is 6.07 Å². The number of anilines is 1. The van der Waals surface area contributed by atoms with E-state index in [1.165, 1.54) is 0 Å². The van der Waals surface area contributed by atoms with Crippen LogP contribution in [0.3, 0.4) is 0 Å². The number of nitrogens with zero attached hydrogens (tertiary/aromatic N) is 3. The van der Waals surface area contributed by atoms with Gasteiger partial charge >= 0.3 is 0 Å². The molecule has 1 aromatic heterocycles. The topological polar surface area (TPSA) is 69.0 Å². The fourth-order valence-electron chi connectivity index (χ4n) is 1.27. The molecule has 1 aromatic rings. The van der Waals surface area contributed by atoms with Crippen LogP contribution in [0, 0.1) is 11.3 Å². The SMILES string of the molecule is CCN(CC(=O)NC)c1cccc(C#N)n1. The minimum Gasteiger partial charge on any atom is -0.358 e. The number of likely N-dealkylation sites (N-methyl/N-ethyl adjacent to an activating group) is 2. The molecule has 0 saturated heterocycles. The Morgan fingerprint density at radius 2 is 2.38 bits per heavy atom. The molecule has 0 spiro atoms. The average molecular weight is 218 g/mol. The number of carbonyl (C=O) groups excluding carboxylic acids is 1. The van der Waals surface area contributed by atoms with Gasteiger partial charge in [0.2, 0.25) is 5.91 Å². The third kappa shape index (κ3) is 2.95. The smallest absolute Gasteiger partial charge is 0.239 e. The number of hydrogen-bond donors (Lipinski definition) is 1. The molecule has 0 aliphatic carbocycles. The first-order valence-electron chi connectivity index (χ1n) is 5.04. The highest BCUT2D eigenvalue weighted by molar-refractivity contribution is 5.80. The maximum atomic E-state index is 11.3. The summed E-state index contributed by atoms with van der Waals surface area (Å²) in [5, 5.41) is 11.3. The lowest BCUT2D eigenvalue weighted by atomic mass is 10.3. The van der Waals surface area contributed by atoms with Crippen molar-refractivity contribution in [3.8, 4) is 6.07 Å². The normalized spacial score (nSPS) is 9.31. The Kier molecular flexibility index (Phi) is 4.28. The lowest BCUT2D eigenvalue weighted by molar-refractivity contribution is -0.119. The van der Waals surface area contributed by atoms with E-state index in [0.29, 0.717) is 18.1 Å². The Hall–Kier alpha value is -2.09. The third-order valence-corrected chi connectivity index (χ3v) is 2.17. The summed E-state index contributed by atoms with van der Waals surface area (Å²) in [5.74, 6) is 0.566. The number of carbonyl (C=O) groups is 1. The van der Waals surface area contributed by atoms with Gasteiger partial charge in [0.25, 0.3) is 0 Å². The Bertz CT molecular complexity index is 411. The van der Waals surface area contributed by atoms with Gasteiger partial charge in [0.1, 0.15) is 17.6 Å². The van der Waals surface area contributed by atoms with Gasteiger partial charge in [-0.3, -0.25) is 4.79 Å². The van der Waals surface area contributed by atoms with E-state index in [1.807, 2.05) is 13.0 Å². The van der Waals surface area contributed by atoms with Crippen LogP contribution in [-0.2, 0) is 4.79 Å². The average Bonchev–Trinajstić information content (AvgIpc) is 2.35. The second-order valence-corrected chi connectivity index (χ2v) is 3.18. The number of rotatable bonds is 4. The zero-order valence-electron chi connectivity index (χ0n) is 9.40. The molecule has 5 nitrogen and oxygen atoms in total. The van der Waals surface area contributed by atoms with Crippen molar-refractivity contribution in [3.05, 3.63) is 23.9 Å². The quantitative estimate of drug-likeness (QED) is 0.800. The standard InChI is InChI=1S/C11H14N4O/c1-3-15(8-11(16)13-2)10-6-4-5-9(7-12)14-10/h4-6H,3,8H2,1-2H3,(H,13,16). The molecule has 0 atom stereocenters. The first-order valence-corrected chi connectivity index (χ1v) is 5.04. The number of hydrogen-bond acceptors (Lipinski definition) is 4. The number of aromatic nitrogens is 1. The molecule has 0 aliphatic heterocycles. The number of nitriles is 1. The molecule has 0 unspecified atom stereocenters. The summed E-state index contributed by atoms with van der Waals surface area (Å²) in [6.45, 7) is 2.84. The van der Waals surface area contributed by atoms with E-state index >= 15 is 0 Å². The summed E-state index contributed by atoms with van der Waals surface area (Å²) in [6.07, 6.45) is 0. The fourth-order valence-corrected chi connectivity index (χ4v) is 1.27. The van der Waals surface area contributed by atoms with Crippen LogP contribution in [0.1, 0.15) is 12.6 Å². The van der Waals surface area contributed by atoms with Crippen LogP contribution in [0.5, 0.6) is 0 Å². The van der Waals surface area contributed by atoms with Crippen molar-refractivity contribution >= 4 is 11.7 Å². The Morgan fingerprint density at radius 3 is 2.94 bits per heavy atom. The molecule has 0 saturated carbocycles. The molecule has 0 bridgehead atoms. The molecular weight excluding hydrogens is 204 g/mol. The number of pyridine rings is 1. The van der Waals surface area contributed by atoms with Gasteiger partial charge in [-0.2, -0.15) is 5.26 Å². The van der Waals surface area contributed by atoms with E-state index in [1.54, 1.807) is 30.1 Å². The van der Waals surface area contributed by atoms with Crippen LogP contribution in [0.25, 0.3) is 0 Å². The molecule has 1 N–H and O–H groups in total. The van der Waals surface area contributed by atoms with Gasteiger partial charge in [0.15, 0.2) is 0 Å². The zero-order chi connectivity index (χ0) is 12.0. The lowest BCUT2D eigenvalue weighted by Crippen LogP contribution is -2.36. The summed E-state index contributed by atoms with van der Waals surface area (Å²) in [5.41, 5.74) is 0.354. The minimum absolute atomic E-state index is 0.0778. The monoisotopic (exact) mass is 218 g/mol. The molecule has 5 heteroatoms. The molecule has 1 rings (SSSR count). The summed E-state index contributed by atoms with van der Waals surface area (Å²) in [7, 11) is 1.59. The van der Waals surface area contributed by atoms with Crippen LogP contribution in [-0.4, -0.2) is 31.0 Å². The van der Waals surface area contributed by atoms with E-state index in [4.69, 9.17) is 5.26 Å². The van der Waals surface area contributed by atoms with Gasteiger partial charge in [0, 0.05) is 13.6 Å². The van der Waals surface area contributed by atoms with Gasteiger partial charge in [-0.05, 0) is 19.1 Å². The second kappa shape index (κ2) is 5.71. The highest BCUT2D eigenvalue weighted by Crippen LogP contribution is 2.10. The van der Waals surface area contributed by atoms with Crippen LogP contribution in [0.2, 0.25) is 0 Å². The molecule has 0 aliphatic rings. The van der Waals surface area contributed by atoms with Crippen molar-refractivity contribution in [1.29, 1.82) is 5.26 Å². The van der Waals surface area contributed by atoms with Crippen molar-refractivity contribution in [2.24, 2.45) is 0 Å². The van der Waals surface area contributed by atoms with Gasteiger partial charge < -0.3 is 10.2 Å². The van der Waals surface area contributed by atoms with Gasteiger partial charge in [0.05, 0.1) is 6.54 Å². The van der Waals surface area contributed by atoms with Crippen LogP contribution in [0.15, 0.2) is 18.2 Å². The van der Waals surface area contributed by atoms with E-state index in [9.17, 15) is 4.79 Å². The van der Waals surface area contributed by atoms with Crippen molar-refractivity contribution in [2.75, 3.05) is 25.0 Å². The molecule has 0 fully saturated rings. The van der Waals surface area contributed by atoms with Crippen molar-refractivity contribution in [2.45, 2.75) is 6.92 Å². The first kappa shape index (κ1) is 12.0. The Labute approximate surface area is 94.7 Å². The largest absolute Gasteiger partial charge is 0.358 e. The minimum atomic E-state index is -0.0778.